The Hall–Kier alpha value is -0.580. The minimum Gasteiger partial charge on any atom is -0.491 e. The van der Waals surface area contributed by atoms with Gasteiger partial charge in [0.2, 0.25) is 0 Å². The van der Waals surface area contributed by atoms with Gasteiger partial charge >= 0.3 is 0 Å². The molecule has 1 aliphatic rings. The van der Waals surface area contributed by atoms with Gasteiger partial charge in [-0.15, -0.1) is 0 Å². The van der Waals surface area contributed by atoms with Gasteiger partial charge in [0, 0.05) is 17.6 Å². The second kappa shape index (κ2) is 4.35. The summed E-state index contributed by atoms with van der Waals surface area (Å²) in [6.45, 7) is 5.68. The Morgan fingerprint density at radius 1 is 1.38 bits per heavy atom. The zero-order valence-corrected chi connectivity index (χ0v) is 11.2. The highest BCUT2D eigenvalue weighted by atomic mass is 79.9. The number of nitrogens with one attached hydrogen (secondary N) is 1. The zero-order chi connectivity index (χ0) is 11.8. The van der Waals surface area contributed by atoms with Gasteiger partial charge in [-0.1, -0.05) is 15.9 Å². The Morgan fingerprint density at radius 3 is 2.56 bits per heavy atom. The van der Waals surface area contributed by atoms with Gasteiger partial charge < -0.3 is 15.8 Å². The molecule has 0 unspecified atom stereocenters. The molecule has 0 atom stereocenters. The Labute approximate surface area is 104 Å². The molecule has 3 N–H and O–H groups in total. The molecule has 1 saturated heterocycles. The molecule has 0 radical (unpaired) electrons. The van der Waals surface area contributed by atoms with Crippen LogP contribution in [0.1, 0.15) is 19.4 Å². The predicted octanol–water partition coefficient (Wildman–Crippen LogP) is 1.99. The molecule has 2 rings (SSSR count). The summed E-state index contributed by atoms with van der Waals surface area (Å²) in [5, 5.41) is 3.20. The molecule has 1 aliphatic heterocycles. The van der Waals surface area contributed by atoms with Gasteiger partial charge in [-0.3, -0.25) is 0 Å². The highest BCUT2D eigenvalue weighted by Gasteiger charge is 2.34. The number of rotatable bonds is 3. The van der Waals surface area contributed by atoms with E-state index in [-0.39, 0.29) is 11.6 Å². The summed E-state index contributed by atoms with van der Waals surface area (Å²) in [7, 11) is 0. The first-order valence-corrected chi connectivity index (χ1v) is 6.26. The highest BCUT2D eigenvalue weighted by molar-refractivity contribution is 9.10. The molecule has 1 aromatic rings. The van der Waals surface area contributed by atoms with E-state index in [1.54, 1.807) is 0 Å². The monoisotopic (exact) mass is 284 g/mol. The van der Waals surface area contributed by atoms with Gasteiger partial charge in [0.15, 0.2) is 0 Å². The van der Waals surface area contributed by atoms with E-state index >= 15 is 0 Å². The quantitative estimate of drug-likeness (QED) is 0.893. The van der Waals surface area contributed by atoms with Crippen LogP contribution in [0.25, 0.3) is 0 Å². The summed E-state index contributed by atoms with van der Waals surface area (Å²) >= 11 is 3.49. The normalized spacial score (nSPS) is 18.3. The maximum atomic E-state index is 6.25. The van der Waals surface area contributed by atoms with E-state index in [1.807, 2.05) is 26.0 Å². The highest BCUT2D eigenvalue weighted by Crippen LogP contribution is 2.30. The van der Waals surface area contributed by atoms with Gasteiger partial charge in [0.05, 0.1) is 11.6 Å². The molecule has 88 valence electrons. The fourth-order valence-electron chi connectivity index (χ4n) is 1.79. The molecule has 16 heavy (non-hydrogen) atoms. The first-order valence-electron chi connectivity index (χ1n) is 5.47. The summed E-state index contributed by atoms with van der Waals surface area (Å²) in [5.41, 5.74) is 7.14. The van der Waals surface area contributed by atoms with Crippen molar-refractivity contribution in [2.75, 3.05) is 13.1 Å². The van der Waals surface area contributed by atoms with E-state index in [4.69, 9.17) is 10.5 Å². The van der Waals surface area contributed by atoms with Gasteiger partial charge in [0.1, 0.15) is 5.75 Å². The Bertz CT molecular complexity index is 389. The molecule has 0 bridgehead atoms. The molecule has 4 heteroatoms. The number of ether oxygens (including phenoxy) is 1. The van der Waals surface area contributed by atoms with E-state index in [0.29, 0.717) is 0 Å². The van der Waals surface area contributed by atoms with E-state index in [9.17, 15) is 0 Å². The van der Waals surface area contributed by atoms with Crippen LogP contribution in [0, 0.1) is 0 Å². The lowest BCUT2D eigenvalue weighted by Crippen LogP contribution is -2.62. The van der Waals surface area contributed by atoms with E-state index < -0.39 is 0 Å². The SMILES string of the molecule is CC(C)Oc1cc(Br)cc(C2(N)CNC2)c1. The Balaban J connectivity index is 2.28. The van der Waals surface area contributed by atoms with Crippen molar-refractivity contribution < 1.29 is 4.74 Å². The Kier molecular flexibility index (Phi) is 3.24. The van der Waals surface area contributed by atoms with Crippen LogP contribution in [-0.2, 0) is 5.54 Å². The first-order chi connectivity index (χ1) is 7.49. The van der Waals surface area contributed by atoms with Crippen LogP contribution in [0.15, 0.2) is 22.7 Å². The number of hydrogen-bond acceptors (Lipinski definition) is 3. The molecular formula is C12H17BrN2O. The van der Waals surface area contributed by atoms with Gasteiger partial charge in [-0.2, -0.15) is 0 Å². The Morgan fingerprint density at radius 2 is 2.06 bits per heavy atom. The van der Waals surface area contributed by atoms with Crippen molar-refractivity contribution in [1.29, 1.82) is 0 Å². The average Bonchev–Trinajstić information content (AvgIpc) is 2.12. The topological polar surface area (TPSA) is 47.3 Å². The molecule has 3 nitrogen and oxygen atoms in total. The molecule has 1 fully saturated rings. The maximum Gasteiger partial charge on any atom is 0.121 e. The van der Waals surface area contributed by atoms with Gasteiger partial charge in [-0.05, 0) is 37.6 Å². The maximum absolute atomic E-state index is 6.25. The fourth-order valence-corrected chi connectivity index (χ4v) is 2.26. The summed E-state index contributed by atoms with van der Waals surface area (Å²) in [4.78, 5) is 0. The van der Waals surface area contributed by atoms with E-state index in [2.05, 4.69) is 27.3 Å². The molecule has 0 spiro atoms. The van der Waals surface area contributed by atoms with Crippen molar-refractivity contribution in [2.45, 2.75) is 25.5 Å². The zero-order valence-electron chi connectivity index (χ0n) is 9.59. The van der Waals surface area contributed by atoms with Crippen molar-refractivity contribution in [3.05, 3.63) is 28.2 Å². The van der Waals surface area contributed by atoms with E-state index in [0.717, 1.165) is 28.9 Å². The van der Waals surface area contributed by atoms with Gasteiger partial charge in [-0.25, -0.2) is 0 Å². The minimum absolute atomic E-state index is 0.176. The molecule has 0 aliphatic carbocycles. The molecule has 1 aromatic carbocycles. The van der Waals surface area contributed by atoms with Crippen LogP contribution in [0.2, 0.25) is 0 Å². The smallest absolute Gasteiger partial charge is 0.121 e. The third-order valence-corrected chi connectivity index (χ3v) is 3.16. The van der Waals surface area contributed by atoms with Crippen LogP contribution in [0.3, 0.4) is 0 Å². The predicted molar refractivity (Wildman–Crippen MR) is 68.6 cm³/mol. The first kappa shape index (κ1) is 11.9. The molecule has 0 amide bonds. The number of halogens is 1. The second-order valence-corrected chi connectivity index (χ2v) is 5.52. The lowest BCUT2D eigenvalue weighted by atomic mass is 9.85. The van der Waals surface area contributed by atoms with Crippen molar-refractivity contribution in [3.8, 4) is 5.75 Å². The standard InChI is InChI=1S/C12H17BrN2O/c1-8(2)16-11-4-9(3-10(13)5-11)12(14)6-15-7-12/h3-5,8,15H,6-7,14H2,1-2H3. The molecular weight excluding hydrogens is 268 g/mol. The van der Waals surface area contributed by atoms with Crippen molar-refractivity contribution >= 4 is 15.9 Å². The fraction of sp³-hybridized carbons (Fsp3) is 0.500. The van der Waals surface area contributed by atoms with Crippen molar-refractivity contribution in [2.24, 2.45) is 5.73 Å². The third kappa shape index (κ3) is 2.39. The second-order valence-electron chi connectivity index (χ2n) is 4.60. The summed E-state index contributed by atoms with van der Waals surface area (Å²) in [6.07, 6.45) is 0.176. The summed E-state index contributed by atoms with van der Waals surface area (Å²) < 4.78 is 6.70. The largest absolute Gasteiger partial charge is 0.491 e. The summed E-state index contributed by atoms with van der Waals surface area (Å²) in [5.74, 6) is 0.871. The van der Waals surface area contributed by atoms with E-state index in [1.165, 1.54) is 0 Å². The average molecular weight is 285 g/mol. The lowest BCUT2D eigenvalue weighted by Gasteiger charge is -2.39. The van der Waals surface area contributed by atoms with Gasteiger partial charge in [0.25, 0.3) is 0 Å². The molecule has 0 saturated carbocycles. The van der Waals surface area contributed by atoms with Crippen molar-refractivity contribution in [1.82, 2.24) is 5.32 Å². The van der Waals surface area contributed by atoms with Crippen LogP contribution < -0.4 is 15.8 Å². The number of nitrogens with two attached hydrogens (primary N) is 1. The van der Waals surface area contributed by atoms with Crippen LogP contribution in [0.5, 0.6) is 5.75 Å². The molecule has 0 aromatic heterocycles. The van der Waals surface area contributed by atoms with Crippen LogP contribution in [0.4, 0.5) is 0 Å². The van der Waals surface area contributed by atoms with Crippen LogP contribution in [-0.4, -0.2) is 19.2 Å². The molecule has 1 heterocycles. The lowest BCUT2D eigenvalue weighted by molar-refractivity contribution is 0.239. The number of benzene rings is 1. The number of hydrogen-bond donors (Lipinski definition) is 2. The third-order valence-electron chi connectivity index (χ3n) is 2.70. The van der Waals surface area contributed by atoms with Crippen LogP contribution >= 0.6 is 15.9 Å². The van der Waals surface area contributed by atoms with Crippen molar-refractivity contribution in [3.63, 3.8) is 0 Å². The minimum atomic E-state index is -0.237. The summed E-state index contributed by atoms with van der Waals surface area (Å²) in [6, 6.07) is 6.07.